The number of nitrogens with one attached hydrogen (secondary N) is 1. The fourth-order valence-electron chi connectivity index (χ4n) is 1.54. The Labute approximate surface area is 133 Å². The second kappa shape index (κ2) is 6.10. The van der Waals surface area contributed by atoms with E-state index in [4.69, 9.17) is 5.73 Å². The zero-order valence-electron chi connectivity index (χ0n) is 10.4. The number of halogens is 1. The monoisotopic (exact) mass is 391 g/mol. The molecule has 0 aliphatic heterocycles. The van der Waals surface area contributed by atoms with Crippen molar-refractivity contribution in [2.45, 2.75) is 10.8 Å². The van der Waals surface area contributed by atoms with Crippen LogP contribution in [0, 0.1) is 10.1 Å². The average molecular weight is 392 g/mol. The summed E-state index contributed by atoms with van der Waals surface area (Å²) in [4.78, 5) is 9.98. The standard InChI is InChI=1S/C11H10BrN3O4S2/c12-8-3-1-2-7(4-8)6-14-21(18,19)10-5-9(15(16)17)11(13)20-10/h1-5,14H,6,13H2. The molecule has 10 heteroatoms. The first-order valence-electron chi connectivity index (χ1n) is 5.57. The Morgan fingerprint density at radius 1 is 1.38 bits per heavy atom. The number of thiophene rings is 1. The molecule has 112 valence electrons. The molecule has 3 N–H and O–H groups in total. The molecule has 0 amide bonds. The molecule has 7 nitrogen and oxygen atoms in total. The van der Waals surface area contributed by atoms with Crippen LogP contribution in [0.25, 0.3) is 0 Å². The maximum atomic E-state index is 12.1. The van der Waals surface area contributed by atoms with E-state index in [0.29, 0.717) is 11.3 Å². The summed E-state index contributed by atoms with van der Waals surface area (Å²) in [5.41, 5.74) is 5.80. The summed E-state index contributed by atoms with van der Waals surface area (Å²) < 4.78 is 27.2. The zero-order valence-corrected chi connectivity index (χ0v) is 13.7. The maximum Gasteiger partial charge on any atom is 0.304 e. The fourth-order valence-corrected chi connectivity index (χ4v) is 4.27. The lowest BCUT2D eigenvalue weighted by Gasteiger charge is -2.04. The van der Waals surface area contributed by atoms with Crippen LogP contribution in [0.2, 0.25) is 0 Å². The Morgan fingerprint density at radius 2 is 2.10 bits per heavy atom. The van der Waals surface area contributed by atoms with Gasteiger partial charge in [0.1, 0.15) is 4.21 Å². The highest BCUT2D eigenvalue weighted by Gasteiger charge is 2.24. The highest BCUT2D eigenvalue weighted by atomic mass is 79.9. The first kappa shape index (κ1) is 15.9. The van der Waals surface area contributed by atoms with Gasteiger partial charge in [0.15, 0.2) is 5.00 Å². The second-order valence-corrected chi connectivity index (χ2v) is 8.02. The van der Waals surface area contributed by atoms with Gasteiger partial charge in [-0.15, -0.1) is 0 Å². The number of rotatable bonds is 5. The molecule has 2 aromatic rings. The molecule has 0 aliphatic rings. The lowest BCUT2D eigenvalue weighted by atomic mass is 10.2. The van der Waals surface area contributed by atoms with E-state index in [1.165, 1.54) is 0 Å². The SMILES string of the molecule is Nc1sc(S(=O)(=O)NCc2cccc(Br)c2)cc1[N+](=O)[O-]. The Kier molecular flexibility index (Phi) is 4.61. The minimum Gasteiger partial charge on any atom is -0.385 e. The summed E-state index contributed by atoms with van der Waals surface area (Å²) in [6, 6.07) is 8.10. The largest absolute Gasteiger partial charge is 0.385 e. The van der Waals surface area contributed by atoms with E-state index in [-0.39, 0.29) is 15.8 Å². The third kappa shape index (κ3) is 3.79. The Morgan fingerprint density at radius 3 is 2.67 bits per heavy atom. The summed E-state index contributed by atoms with van der Waals surface area (Å²) in [5.74, 6) is 0. The van der Waals surface area contributed by atoms with E-state index in [9.17, 15) is 18.5 Å². The van der Waals surface area contributed by atoms with Gasteiger partial charge in [-0.2, -0.15) is 0 Å². The van der Waals surface area contributed by atoms with Crippen molar-refractivity contribution in [2.24, 2.45) is 0 Å². The highest BCUT2D eigenvalue weighted by molar-refractivity contribution is 9.10. The quantitative estimate of drug-likeness (QED) is 0.599. The molecule has 1 aromatic carbocycles. The summed E-state index contributed by atoms with van der Waals surface area (Å²) >= 11 is 3.95. The average Bonchev–Trinajstić information content (AvgIpc) is 2.80. The van der Waals surface area contributed by atoms with E-state index in [0.717, 1.165) is 16.1 Å². The van der Waals surface area contributed by atoms with E-state index in [2.05, 4.69) is 20.7 Å². The third-order valence-electron chi connectivity index (χ3n) is 2.53. The number of nitrogens with two attached hydrogens (primary N) is 1. The highest BCUT2D eigenvalue weighted by Crippen LogP contribution is 2.34. The van der Waals surface area contributed by atoms with Crippen molar-refractivity contribution in [3.63, 3.8) is 0 Å². The number of hydrogen-bond acceptors (Lipinski definition) is 6. The van der Waals surface area contributed by atoms with Crippen molar-refractivity contribution in [2.75, 3.05) is 5.73 Å². The van der Waals surface area contributed by atoms with E-state index >= 15 is 0 Å². The fraction of sp³-hybridized carbons (Fsp3) is 0.0909. The second-order valence-electron chi connectivity index (χ2n) is 4.03. The molecule has 2 rings (SSSR count). The van der Waals surface area contributed by atoms with Crippen LogP contribution in [0.3, 0.4) is 0 Å². The zero-order chi connectivity index (χ0) is 15.6. The number of nitro groups is 1. The van der Waals surface area contributed by atoms with Crippen molar-refractivity contribution < 1.29 is 13.3 Å². The number of sulfonamides is 1. The van der Waals surface area contributed by atoms with Gasteiger partial charge in [-0.05, 0) is 17.7 Å². The van der Waals surface area contributed by atoms with Gasteiger partial charge in [0.2, 0.25) is 0 Å². The molecule has 0 aliphatic carbocycles. The molecule has 0 unspecified atom stereocenters. The van der Waals surface area contributed by atoms with Gasteiger partial charge in [0, 0.05) is 17.1 Å². The van der Waals surface area contributed by atoms with Gasteiger partial charge in [-0.3, -0.25) is 10.1 Å². The lowest BCUT2D eigenvalue weighted by molar-refractivity contribution is -0.383. The minimum atomic E-state index is -3.84. The smallest absolute Gasteiger partial charge is 0.304 e. The van der Waals surface area contributed by atoms with Crippen LogP contribution in [0.4, 0.5) is 10.7 Å². The minimum absolute atomic E-state index is 0.0768. The summed E-state index contributed by atoms with van der Waals surface area (Å²) in [6.45, 7) is 0.0768. The number of nitrogens with zero attached hydrogens (tertiary/aromatic N) is 1. The molecule has 1 aromatic heterocycles. The van der Waals surface area contributed by atoms with Gasteiger partial charge in [0.25, 0.3) is 10.0 Å². The Balaban J connectivity index is 2.19. The van der Waals surface area contributed by atoms with Crippen LogP contribution in [0.5, 0.6) is 0 Å². The van der Waals surface area contributed by atoms with Gasteiger partial charge in [0.05, 0.1) is 4.92 Å². The predicted octanol–water partition coefficient (Wildman–Crippen LogP) is 2.48. The summed E-state index contributed by atoms with van der Waals surface area (Å²) in [7, 11) is -3.84. The molecule has 0 saturated carbocycles. The van der Waals surface area contributed by atoms with Gasteiger partial charge in [-0.1, -0.05) is 39.4 Å². The van der Waals surface area contributed by atoms with Gasteiger partial charge >= 0.3 is 5.69 Å². The maximum absolute atomic E-state index is 12.1. The molecule has 1 heterocycles. The van der Waals surface area contributed by atoms with Gasteiger partial charge < -0.3 is 5.73 Å². The molecule has 0 saturated heterocycles. The molecule has 0 atom stereocenters. The first-order chi connectivity index (χ1) is 9.79. The Bertz CT molecular complexity index is 789. The molecular formula is C11H10BrN3O4S2. The van der Waals surface area contributed by atoms with Gasteiger partial charge in [-0.25, -0.2) is 13.1 Å². The van der Waals surface area contributed by atoms with Crippen LogP contribution < -0.4 is 10.5 Å². The lowest BCUT2D eigenvalue weighted by Crippen LogP contribution is -2.22. The van der Waals surface area contributed by atoms with Crippen LogP contribution in [0.15, 0.2) is 39.0 Å². The number of anilines is 1. The van der Waals surface area contributed by atoms with Crippen molar-refractivity contribution in [1.29, 1.82) is 0 Å². The van der Waals surface area contributed by atoms with Crippen molar-refractivity contribution in [3.8, 4) is 0 Å². The first-order valence-corrected chi connectivity index (χ1v) is 8.66. The number of benzene rings is 1. The topological polar surface area (TPSA) is 115 Å². The predicted molar refractivity (Wildman–Crippen MR) is 83.6 cm³/mol. The van der Waals surface area contributed by atoms with E-state index < -0.39 is 20.6 Å². The molecule has 21 heavy (non-hydrogen) atoms. The van der Waals surface area contributed by atoms with Crippen molar-refractivity contribution >= 4 is 48.0 Å². The van der Waals surface area contributed by atoms with Crippen LogP contribution in [-0.2, 0) is 16.6 Å². The summed E-state index contributed by atoms with van der Waals surface area (Å²) in [6.07, 6.45) is 0. The molecule has 0 bridgehead atoms. The third-order valence-corrected chi connectivity index (χ3v) is 5.86. The molecule has 0 spiro atoms. The number of nitrogen functional groups attached to an aromatic ring is 1. The van der Waals surface area contributed by atoms with E-state index in [1.807, 2.05) is 6.07 Å². The van der Waals surface area contributed by atoms with Crippen molar-refractivity contribution in [3.05, 3.63) is 50.5 Å². The Hall–Kier alpha value is -1.49. The molecule has 0 radical (unpaired) electrons. The van der Waals surface area contributed by atoms with Crippen LogP contribution in [-0.4, -0.2) is 13.3 Å². The summed E-state index contributed by atoms with van der Waals surface area (Å²) in [5, 5.41) is 10.6. The van der Waals surface area contributed by atoms with Crippen LogP contribution >= 0.6 is 27.3 Å². The molecular weight excluding hydrogens is 382 g/mol. The number of hydrogen-bond donors (Lipinski definition) is 2. The molecule has 0 fully saturated rings. The van der Waals surface area contributed by atoms with E-state index in [1.54, 1.807) is 18.2 Å². The van der Waals surface area contributed by atoms with Crippen LogP contribution in [0.1, 0.15) is 5.56 Å². The normalized spacial score (nSPS) is 11.5. The van der Waals surface area contributed by atoms with Crippen molar-refractivity contribution in [1.82, 2.24) is 4.72 Å².